The van der Waals surface area contributed by atoms with Crippen LogP contribution in [0.2, 0.25) is 0 Å². The zero-order chi connectivity index (χ0) is 26.6. The minimum atomic E-state index is 0.0640. The molecule has 1 amide bonds. The first-order chi connectivity index (χ1) is 18.4. The molecule has 1 heterocycles. The lowest BCUT2D eigenvalue weighted by Gasteiger charge is -2.35. The molecule has 1 aliphatic heterocycles. The summed E-state index contributed by atoms with van der Waals surface area (Å²) in [5.74, 6) is 1.35. The number of aliphatic imine (C=N–C) groups is 1. The Balaban J connectivity index is 1.35. The number of hydrogen-bond acceptors (Lipinski definition) is 4. The van der Waals surface area contributed by atoms with Gasteiger partial charge in [-0.15, -0.1) is 0 Å². The van der Waals surface area contributed by atoms with E-state index in [0.717, 1.165) is 46.3 Å². The zero-order valence-electron chi connectivity index (χ0n) is 22.7. The average Bonchev–Trinajstić information content (AvgIpc) is 3.19. The Morgan fingerprint density at radius 2 is 1.66 bits per heavy atom. The molecule has 38 heavy (non-hydrogen) atoms. The number of nitrogens with zero attached hydrogens (tertiary/aromatic N) is 2. The fraction of sp³-hybridized carbons (Fsp3) is 0.333. The van der Waals surface area contributed by atoms with E-state index in [-0.39, 0.29) is 11.9 Å². The number of rotatable bonds is 6. The standard InChI is InChI=1S/C33H36N2O2S/c1-22-18-24(3)29(25(4)19-22)21-37-28-16-14-26(15-17-28)20-31-32(36)35(30-13-9-8-10-23(30)2)33(38-31)34-27-11-6-5-7-12-27/h5-7,11-12,14-20,23,30H,8-10,13,21H2,1-4H3/b31-20-,34-33?/t23-,30-/m1/s1. The Morgan fingerprint density at radius 3 is 2.34 bits per heavy atom. The summed E-state index contributed by atoms with van der Waals surface area (Å²) < 4.78 is 6.11. The SMILES string of the molecule is Cc1cc(C)c(COc2ccc(/C=C3\SC(=Nc4ccccc4)N([C@@H]4CCCC[C@H]4C)C3=O)cc2)c(C)c1. The summed E-state index contributed by atoms with van der Waals surface area (Å²) >= 11 is 1.48. The zero-order valence-corrected chi connectivity index (χ0v) is 23.6. The minimum absolute atomic E-state index is 0.0640. The van der Waals surface area contributed by atoms with Crippen molar-refractivity contribution >= 4 is 34.6 Å². The molecule has 5 rings (SSSR count). The average molecular weight is 525 g/mol. The number of carbonyl (C=O) groups excluding carboxylic acids is 1. The van der Waals surface area contributed by atoms with Gasteiger partial charge >= 0.3 is 0 Å². The van der Waals surface area contributed by atoms with Crippen molar-refractivity contribution in [3.05, 3.63) is 99.5 Å². The summed E-state index contributed by atoms with van der Waals surface area (Å²) in [6, 6.07) is 22.5. The number of carbonyl (C=O) groups is 1. The maximum atomic E-state index is 13.7. The van der Waals surface area contributed by atoms with Gasteiger partial charge < -0.3 is 4.74 Å². The van der Waals surface area contributed by atoms with Gasteiger partial charge in [-0.25, -0.2) is 4.99 Å². The summed E-state index contributed by atoms with van der Waals surface area (Å²) in [4.78, 5) is 21.3. The van der Waals surface area contributed by atoms with Crippen LogP contribution in [0.4, 0.5) is 5.69 Å². The lowest BCUT2D eigenvalue weighted by atomic mass is 9.85. The molecular formula is C33H36N2O2S. The van der Waals surface area contributed by atoms with E-state index in [1.807, 2.05) is 65.6 Å². The van der Waals surface area contributed by atoms with Crippen molar-refractivity contribution in [3.8, 4) is 5.75 Å². The highest BCUT2D eigenvalue weighted by atomic mass is 32.2. The highest BCUT2D eigenvalue weighted by Crippen LogP contribution is 2.40. The predicted molar refractivity (Wildman–Crippen MR) is 159 cm³/mol. The number of amidine groups is 1. The van der Waals surface area contributed by atoms with Crippen LogP contribution in [0.5, 0.6) is 5.75 Å². The molecule has 196 valence electrons. The van der Waals surface area contributed by atoms with Crippen LogP contribution in [-0.2, 0) is 11.4 Å². The minimum Gasteiger partial charge on any atom is -0.489 e. The highest BCUT2D eigenvalue weighted by molar-refractivity contribution is 8.18. The van der Waals surface area contributed by atoms with Gasteiger partial charge in [0, 0.05) is 6.04 Å². The van der Waals surface area contributed by atoms with Crippen LogP contribution in [0.3, 0.4) is 0 Å². The third-order valence-corrected chi connectivity index (χ3v) is 8.60. The Hall–Kier alpha value is -3.31. The van der Waals surface area contributed by atoms with Crippen molar-refractivity contribution in [1.29, 1.82) is 0 Å². The molecule has 4 nitrogen and oxygen atoms in total. The Labute approximate surface area is 230 Å². The van der Waals surface area contributed by atoms with E-state index in [9.17, 15) is 4.79 Å². The van der Waals surface area contributed by atoms with E-state index in [0.29, 0.717) is 12.5 Å². The molecule has 2 aliphatic rings. The lowest BCUT2D eigenvalue weighted by molar-refractivity contribution is -0.124. The Bertz CT molecular complexity index is 1340. The van der Waals surface area contributed by atoms with Crippen molar-refractivity contribution in [1.82, 2.24) is 4.90 Å². The fourth-order valence-corrected chi connectivity index (χ4v) is 6.60. The maximum absolute atomic E-state index is 13.7. The van der Waals surface area contributed by atoms with Gasteiger partial charge in [-0.1, -0.05) is 67.8 Å². The van der Waals surface area contributed by atoms with Crippen LogP contribution >= 0.6 is 11.8 Å². The molecule has 3 aromatic rings. The fourth-order valence-electron chi connectivity index (χ4n) is 5.56. The third kappa shape index (κ3) is 5.88. The first-order valence-corrected chi connectivity index (χ1v) is 14.4. The molecule has 0 unspecified atom stereocenters. The van der Waals surface area contributed by atoms with Gasteiger partial charge in [-0.05, 0) is 104 Å². The van der Waals surface area contributed by atoms with Crippen molar-refractivity contribution in [2.45, 2.75) is 66.0 Å². The second-order valence-corrected chi connectivity index (χ2v) is 11.6. The van der Waals surface area contributed by atoms with Gasteiger partial charge in [-0.2, -0.15) is 0 Å². The maximum Gasteiger partial charge on any atom is 0.267 e. The molecule has 0 spiro atoms. The number of aryl methyl sites for hydroxylation is 3. The normalized spacial score (nSPS) is 21.9. The quantitative estimate of drug-likeness (QED) is 0.304. The number of hydrogen-bond donors (Lipinski definition) is 0. The lowest BCUT2D eigenvalue weighted by Crippen LogP contribution is -2.44. The Morgan fingerprint density at radius 1 is 0.974 bits per heavy atom. The van der Waals surface area contributed by atoms with Crippen molar-refractivity contribution < 1.29 is 9.53 Å². The van der Waals surface area contributed by atoms with Crippen molar-refractivity contribution in [2.75, 3.05) is 0 Å². The second kappa shape index (κ2) is 11.6. The van der Waals surface area contributed by atoms with Crippen LogP contribution < -0.4 is 4.74 Å². The predicted octanol–water partition coefficient (Wildman–Crippen LogP) is 8.37. The van der Waals surface area contributed by atoms with E-state index < -0.39 is 0 Å². The first-order valence-electron chi connectivity index (χ1n) is 13.6. The van der Waals surface area contributed by atoms with Crippen LogP contribution in [0.1, 0.15) is 60.4 Å². The monoisotopic (exact) mass is 524 g/mol. The van der Waals surface area contributed by atoms with E-state index >= 15 is 0 Å². The number of thioether (sulfide) groups is 1. The van der Waals surface area contributed by atoms with Gasteiger partial charge in [0.15, 0.2) is 5.17 Å². The van der Waals surface area contributed by atoms with Crippen molar-refractivity contribution in [2.24, 2.45) is 10.9 Å². The molecule has 5 heteroatoms. The van der Waals surface area contributed by atoms with E-state index in [1.165, 1.54) is 40.4 Å². The van der Waals surface area contributed by atoms with Crippen LogP contribution in [0.25, 0.3) is 6.08 Å². The molecule has 1 saturated carbocycles. The number of benzene rings is 3. The molecular weight excluding hydrogens is 488 g/mol. The topological polar surface area (TPSA) is 41.9 Å². The van der Waals surface area contributed by atoms with Gasteiger partial charge in [0.25, 0.3) is 5.91 Å². The summed E-state index contributed by atoms with van der Waals surface area (Å²) in [5.41, 5.74) is 6.87. The highest BCUT2D eigenvalue weighted by Gasteiger charge is 2.41. The summed E-state index contributed by atoms with van der Waals surface area (Å²) in [6.07, 6.45) is 6.56. The molecule has 1 saturated heterocycles. The van der Waals surface area contributed by atoms with Gasteiger partial charge in [0.1, 0.15) is 12.4 Å². The van der Waals surface area contributed by atoms with Crippen LogP contribution in [-0.4, -0.2) is 22.0 Å². The first kappa shape index (κ1) is 26.3. The molecule has 0 N–H and O–H groups in total. The molecule has 2 fully saturated rings. The molecule has 3 aromatic carbocycles. The number of para-hydroxylation sites is 1. The third-order valence-electron chi connectivity index (χ3n) is 7.62. The number of amides is 1. The van der Waals surface area contributed by atoms with E-state index in [4.69, 9.17) is 9.73 Å². The Kier molecular flexibility index (Phi) is 8.04. The van der Waals surface area contributed by atoms with E-state index in [2.05, 4.69) is 39.8 Å². The molecule has 0 bridgehead atoms. The summed E-state index contributed by atoms with van der Waals surface area (Å²) in [6.45, 7) is 9.20. The molecule has 0 aromatic heterocycles. The van der Waals surface area contributed by atoms with Gasteiger partial charge in [0.2, 0.25) is 0 Å². The van der Waals surface area contributed by atoms with Gasteiger partial charge in [0.05, 0.1) is 10.6 Å². The van der Waals surface area contributed by atoms with Gasteiger partial charge in [-0.3, -0.25) is 9.69 Å². The van der Waals surface area contributed by atoms with E-state index in [1.54, 1.807) is 0 Å². The molecule has 0 radical (unpaired) electrons. The number of ether oxygens (including phenoxy) is 1. The van der Waals surface area contributed by atoms with Crippen molar-refractivity contribution in [3.63, 3.8) is 0 Å². The second-order valence-electron chi connectivity index (χ2n) is 10.6. The molecule has 2 atom stereocenters. The van der Waals surface area contributed by atoms with Crippen LogP contribution in [0, 0.1) is 26.7 Å². The smallest absolute Gasteiger partial charge is 0.267 e. The van der Waals surface area contributed by atoms with Crippen LogP contribution in [0.15, 0.2) is 76.6 Å². The summed E-state index contributed by atoms with van der Waals surface area (Å²) in [5, 5.41) is 0.787. The summed E-state index contributed by atoms with van der Waals surface area (Å²) in [7, 11) is 0. The molecule has 1 aliphatic carbocycles. The largest absolute Gasteiger partial charge is 0.489 e.